The van der Waals surface area contributed by atoms with Gasteiger partial charge in [0.15, 0.2) is 0 Å². The molecule has 5 atom stereocenters. The van der Waals surface area contributed by atoms with E-state index in [9.17, 15) is 4.39 Å². The Morgan fingerprint density at radius 2 is 1.01 bits per heavy atom. The van der Waals surface area contributed by atoms with Gasteiger partial charge < -0.3 is 44.1 Å². The van der Waals surface area contributed by atoms with E-state index in [1.54, 1.807) is 12.3 Å². The number of morpholine rings is 1. The van der Waals surface area contributed by atoms with Crippen molar-refractivity contribution in [2.45, 2.75) is 163 Å². The number of rotatable bonds is 4. The molecular formula is C62H120Cl2FN7O2S. The first-order valence-electron chi connectivity index (χ1n) is 29.5. The van der Waals surface area contributed by atoms with Crippen molar-refractivity contribution in [1.82, 2.24) is 34.3 Å². The molecule has 5 saturated heterocycles. The Morgan fingerprint density at radius 3 is 1.20 bits per heavy atom. The van der Waals surface area contributed by atoms with Gasteiger partial charge in [-0.3, -0.25) is 0 Å². The van der Waals surface area contributed by atoms with Crippen LogP contribution in [0, 0.1) is 41.8 Å². The van der Waals surface area contributed by atoms with Gasteiger partial charge in [-0.1, -0.05) is 105 Å². The highest BCUT2D eigenvalue weighted by atomic mass is 35.5. The summed E-state index contributed by atoms with van der Waals surface area (Å²) in [4.78, 5) is 16.8. The molecule has 8 fully saturated rings. The van der Waals surface area contributed by atoms with Crippen LogP contribution in [0.5, 0.6) is 0 Å². The summed E-state index contributed by atoms with van der Waals surface area (Å²) in [5.41, 5.74) is 2.08. The monoisotopic (exact) mass is 1120 g/mol. The van der Waals surface area contributed by atoms with E-state index in [1.165, 1.54) is 133 Å². The van der Waals surface area contributed by atoms with Gasteiger partial charge in [0.2, 0.25) is 0 Å². The number of likely N-dealkylation sites (tertiary alicyclic amines) is 4. The first kappa shape index (κ1) is 74.1. The number of aliphatic hydroxyl groups excluding tert-OH is 1. The normalized spacial score (nSPS) is 25.3. The maximum atomic E-state index is 12.1. The van der Waals surface area contributed by atoms with E-state index < -0.39 is 0 Å². The molecule has 13 heteroatoms. The third-order valence-electron chi connectivity index (χ3n) is 15.2. The largest absolute Gasteiger partial charge is 0.392 e. The summed E-state index contributed by atoms with van der Waals surface area (Å²) in [5.74, 6) is 3.54. The molecule has 5 aliphatic heterocycles. The van der Waals surface area contributed by atoms with Crippen LogP contribution in [-0.4, -0.2) is 198 Å². The number of hydrogen-bond acceptors (Lipinski definition) is 10. The number of benzene rings is 1. The van der Waals surface area contributed by atoms with Crippen molar-refractivity contribution in [3.63, 3.8) is 0 Å². The molecule has 0 spiro atoms. The summed E-state index contributed by atoms with van der Waals surface area (Å²) < 4.78 is 16.8. The van der Waals surface area contributed by atoms with Crippen LogP contribution in [0.4, 0.5) is 4.39 Å². The molecule has 3 aliphatic carbocycles. The molecule has 1 aromatic carbocycles. The van der Waals surface area contributed by atoms with Crippen LogP contribution in [-0.2, 0) is 11.3 Å². The van der Waals surface area contributed by atoms with Gasteiger partial charge in [-0.25, -0.2) is 4.39 Å². The van der Waals surface area contributed by atoms with Crippen LogP contribution < -0.4 is 0 Å². The van der Waals surface area contributed by atoms with E-state index in [0.29, 0.717) is 11.3 Å². The van der Waals surface area contributed by atoms with E-state index in [-0.39, 0.29) is 16.3 Å². The number of alkyl halides is 2. The summed E-state index contributed by atoms with van der Waals surface area (Å²) in [7, 11) is 17.0. The first-order chi connectivity index (χ1) is 35.3. The molecule has 3 saturated carbocycles. The van der Waals surface area contributed by atoms with Crippen molar-refractivity contribution in [2.75, 3.05) is 148 Å². The topological polar surface area (TPSA) is 52.1 Å². The molecule has 442 valence electrons. The quantitative estimate of drug-likeness (QED) is 0.302. The number of halogens is 3. The van der Waals surface area contributed by atoms with Crippen LogP contribution in [0.3, 0.4) is 0 Å². The van der Waals surface area contributed by atoms with Crippen molar-refractivity contribution in [3.05, 3.63) is 58.0 Å². The van der Waals surface area contributed by atoms with Crippen LogP contribution in [0.2, 0.25) is 0 Å². The number of nitrogens with zero attached hydrogens (tertiary/aromatic N) is 7. The Labute approximate surface area is 478 Å². The molecule has 0 radical (unpaired) electrons. The predicted molar refractivity (Wildman–Crippen MR) is 331 cm³/mol. The van der Waals surface area contributed by atoms with Crippen molar-refractivity contribution in [2.24, 2.45) is 29.1 Å². The summed E-state index contributed by atoms with van der Waals surface area (Å²) >= 11 is 12.5. The van der Waals surface area contributed by atoms with Gasteiger partial charge in [-0.2, -0.15) is 0 Å². The summed E-state index contributed by atoms with van der Waals surface area (Å²) in [6.07, 6.45) is 17.6. The number of aliphatic hydroxyl groups is 1. The molecule has 2 aromatic rings. The number of hydrogen-bond donors (Lipinski definition) is 1. The Balaban J connectivity index is 0.000000806. The molecule has 2 unspecified atom stereocenters. The van der Waals surface area contributed by atoms with E-state index in [0.717, 1.165) is 94.5 Å². The number of ether oxygens (including phenoxy) is 1. The molecule has 75 heavy (non-hydrogen) atoms. The maximum absolute atomic E-state index is 12.1. The molecule has 10 rings (SSSR count). The van der Waals surface area contributed by atoms with Crippen LogP contribution in [0.1, 0.15) is 149 Å². The summed E-state index contributed by atoms with van der Waals surface area (Å²) in [6.45, 7) is 36.9. The fourth-order valence-electron chi connectivity index (χ4n) is 7.85. The Bertz CT molecular complexity index is 1490. The molecule has 1 aromatic heterocycles. The molecule has 8 aliphatic rings. The van der Waals surface area contributed by atoms with E-state index in [2.05, 4.69) is 156 Å². The molecule has 1 N–H and O–H groups in total. The lowest BCUT2D eigenvalue weighted by Crippen LogP contribution is -2.32. The van der Waals surface area contributed by atoms with Gasteiger partial charge in [0, 0.05) is 37.6 Å². The number of thiophene rings is 1. The number of likely N-dealkylation sites (N-methyl/N-ethyl adjacent to an activating group) is 2. The lowest BCUT2D eigenvalue weighted by molar-refractivity contribution is 0.0503. The zero-order valence-corrected chi connectivity index (χ0v) is 54.1. The second-order valence-electron chi connectivity index (χ2n) is 23.9. The van der Waals surface area contributed by atoms with Crippen molar-refractivity contribution < 1.29 is 14.2 Å². The lowest BCUT2D eigenvalue weighted by atomic mass is 10.1. The smallest absolute Gasteiger partial charge is 0.136 e. The highest BCUT2D eigenvalue weighted by Gasteiger charge is 2.47. The second-order valence-corrected chi connectivity index (χ2v) is 26.6. The SMILES string of the molecule is CC1C[C@H]1C.CCN(C)CC.CN(C)Cc1ccccc1.CN1CCC(O)C1.CN1CCCC1.CN1CCCCC1.CN1CCCCCC1.CN1CCOCC1.C[C@@H]1CC1(C)C.C[C@@H]1CC1(Cl)Cl.Cc1sccc1F. The standard InChI is InChI=1S/C9H13N.C7H15N.C6H13N.C6H12.C5H5FS.2C5H11NO.C5H11N.C5H13N.C5H10.C4H6Cl2/c1-10(2)8-9-6-4-3-5-7-9;1-8-6-4-2-3-5-7-8;1-7-5-3-2-4-6-7;1-5-4-6(5,2)3;1-4-5(6)2-3-7-4;1-6-2-4-7-5-3-6;1-6-3-2-5(7)4-6;1-6-4-2-3-5-6;1-4-6(3)5-2;1-4-3-5(4)2;1-3-2-4(3,5)6/h3-7H,8H2,1-2H3;2-7H2,1H3;2-6H2,1H3;5H,4H2,1-3H3;2-3H,1H3;2-5H2,1H3;5,7H,2-4H2,1H3;2-5H2,1H3;4-5H2,1-3H3;4-5H,3H2,1-2H3;3H,2H2,1H3/t;;;5-;;;;;;4-,5?;3-/m...1.....11/s1. The average molecular weight is 1120 g/mol. The average Bonchev–Trinajstić information content (AvgIpc) is 4.14. The van der Waals surface area contributed by atoms with Crippen LogP contribution in [0.15, 0.2) is 41.8 Å². The molecule has 0 bridgehead atoms. The third kappa shape index (κ3) is 45.5. The van der Waals surface area contributed by atoms with Gasteiger partial charge in [-0.05, 0) is 226 Å². The predicted octanol–water partition coefficient (Wildman–Crippen LogP) is 13.8. The van der Waals surface area contributed by atoms with Crippen molar-refractivity contribution in [1.29, 1.82) is 0 Å². The number of β-amino-alcohol motifs (C(OH)–C–C–N with tert-alkyl or cyclic N) is 1. The zero-order chi connectivity index (χ0) is 56.8. The minimum absolute atomic E-state index is 0.0509. The fourth-order valence-corrected chi connectivity index (χ4v) is 8.89. The lowest BCUT2D eigenvalue weighted by Gasteiger charge is -2.21. The number of piperidine rings is 1. The van der Waals surface area contributed by atoms with Gasteiger partial charge in [0.1, 0.15) is 10.2 Å². The van der Waals surface area contributed by atoms with Crippen molar-refractivity contribution >= 4 is 34.5 Å². The molecule has 0 amide bonds. The molecule has 9 nitrogen and oxygen atoms in total. The maximum Gasteiger partial charge on any atom is 0.136 e. The first-order valence-corrected chi connectivity index (χ1v) is 31.1. The van der Waals surface area contributed by atoms with Crippen LogP contribution in [0.25, 0.3) is 0 Å². The van der Waals surface area contributed by atoms with Gasteiger partial charge >= 0.3 is 0 Å². The minimum atomic E-state index is -0.347. The van der Waals surface area contributed by atoms with E-state index in [1.807, 2.05) is 20.0 Å². The molecular weight excluding hydrogens is 997 g/mol. The second kappa shape index (κ2) is 43.8. The number of aryl methyl sites for hydroxylation is 1. The summed E-state index contributed by atoms with van der Waals surface area (Å²) in [5, 5.41) is 10.6. The van der Waals surface area contributed by atoms with E-state index in [4.69, 9.17) is 33.0 Å². The minimum Gasteiger partial charge on any atom is -0.392 e. The van der Waals surface area contributed by atoms with Crippen LogP contribution >= 0.6 is 34.5 Å². The van der Waals surface area contributed by atoms with Gasteiger partial charge in [-0.15, -0.1) is 34.5 Å². The highest BCUT2D eigenvalue weighted by Crippen LogP contribution is 2.52. The van der Waals surface area contributed by atoms with Crippen molar-refractivity contribution in [3.8, 4) is 0 Å². The Morgan fingerprint density at radius 1 is 0.640 bits per heavy atom. The molecule has 6 heterocycles. The van der Waals surface area contributed by atoms with Gasteiger partial charge in [0.25, 0.3) is 0 Å². The summed E-state index contributed by atoms with van der Waals surface area (Å²) in [6, 6.07) is 11.9. The van der Waals surface area contributed by atoms with E-state index >= 15 is 0 Å². The third-order valence-corrected chi connectivity index (χ3v) is 17.1. The Kier molecular flexibility index (Phi) is 43.3. The fraction of sp³-hybridized carbons (Fsp3) is 0.839. The van der Waals surface area contributed by atoms with Gasteiger partial charge in [0.05, 0.1) is 19.3 Å². The Hall–Kier alpha value is -0.930. The zero-order valence-electron chi connectivity index (χ0n) is 51.8. The highest BCUT2D eigenvalue weighted by molar-refractivity contribution is 7.09.